The molecule has 0 saturated carbocycles. The van der Waals surface area contributed by atoms with Crippen LogP contribution < -0.4 is 10.1 Å². The van der Waals surface area contributed by atoms with Crippen molar-refractivity contribution in [3.05, 3.63) is 29.3 Å². The van der Waals surface area contributed by atoms with Crippen LogP contribution in [0.2, 0.25) is 0 Å². The lowest BCUT2D eigenvalue weighted by molar-refractivity contribution is -0.121. The van der Waals surface area contributed by atoms with E-state index in [1.807, 2.05) is 19.1 Å². The first kappa shape index (κ1) is 12.9. The third-order valence-electron chi connectivity index (χ3n) is 3.50. The van der Waals surface area contributed by atoms with Crippen molar-refractivity contribution in [1.82, 2.24) is 5.32 Å². The highest BCUT2D eigenvalue weighted by Gasteiger charge is 2.22. The van der Waals surface area contributed by atoms with Crippen LogP contribution in [0, 0.1) is 0 Å². The molecule has 1 aromatic carbocycles. The minimum absolute atomic E-state index is 0.167. The average Bonchev–Trinajstić information content (AvgIpc) is 2.38. The first-order chi connectivity index (χ1) is 8.74. The Kier molecular flexibility index (Phi) is 4.24. The zero-order valence-corrected chi connectivity index (χ0v) is 11.2. The van der Waals surface area contributed by atoms with Crippen LogP contribution in [-0.2, 0) is 17.6 Å². The lowest BCUT2D eigenvalue weighted by atomic mass is 9.87. The molecule has 1 aromatic rings. The van der Waals surface area contributed by atoms with Crippen molar-refractivity contribution in [1.29, 1.82) is 0 Å². The quantitative estimate of drug-likeness (QED) is 0.887. The van der Waals surface area contributed by atoms with Crippen LogP contribution in [0.5, 0.6) is 5.75 Å². The minimum Gasteiger partial charge on any atom is -0.496 e. The van der Waals surface area contributed by atoms with E-state index in [0.29, 0.717) is 6.42 Å². The highest BCUT2D eigenvalue weighted by Crippen LogP contribution is 2.29. The molecule has 1 N–H and O–H groups in total. The zero-order valence-electron chi connectivity index (χ0n) is 11.2. The molecule has 18 heavy (non-hydrogen) atoms. The van der Waals surface area contributed by atoms with Gasteiger partial charge in [0.1, 0.15) is 5.75 Å². The number of aryl methyl sites for hydroxylation is 1. The Morgan fingerprint density at radius 1 is 1.50 bits per heavy atom. The highest BCUT2D eigenvalue weighted by molar-refractivity contribution is 5.76. The van der Waals surface area contributed by atoms with Gasteiger partial charge in [0.25, 0.3) is 0 Å². The molecule has 0 bridgehead atoms. The summed E-state index contributed by atoms with van der Waals surface area (Å²) in [6.45, 7) is 2.03. The summed E-state index contributed by atoms with van der Waals surface area (Å²) in [7, 11) is 1.70. The van der Waals surface area contributed by atoms with Crippen molar-refractivity contribution >= 4 is 5.91 Å². The summed E-state index contributed by atoms with van der Waals surface area (Å²) in [6, 6.07) is 6.44. The van der Waals surface area contributed by atoms with Crippen molar-refractivity contribution in [3.63, 3.8) is 0 Å². The number of rotatable bonds is 4. The molecular formula is C15H21NO2. The average molecular weight is 247 g/mol. The van der Waals surface area contributed by atoms with Crippen molar-refractivity contribution in [2.75, 3.05) is 7.11 Å². The number of benzene rings is 1. The third kappa shape index (κ3) is 2.84. The number of amides is 1. The molecule has 0 fully saturated rings. The molecule has 1 amide bonds. The Morgan fingerprint density at radius 2 is 2.33 bits per heavy atom. The minimum atomic E-state index is 0.167. The molecule has 0 heterocycles. The van der Waals surface area contributed by atoms with E-state index in [9.17, 15) is 4.79 Å². The Balaban J connectivity index is 2.07. The maximum absolute atomic E-state index is 11.6. The predicted molar refractivity (Wildman–Crippen MR) is 71.9 cm³/mol. The lowest BCUT2D eigenvalue weighted by Gasteiger charge is -2.26. The molecule has 0 radical (unpaired) electrons. The fraction of sp³-hybridized carbons (Fsp3) is 0.533. The number of carbonyl (C=O) groups is 1. The number of ether oxygens (including phenoxy) is 1. The Morgan fingerprint density at radius 3 is 3.06 bits per heavy atom. The summed E-state index contributed by atoms with van der Waals surface area (Å²) in [5.41, 5.74) is 2.61. The van der Waals surface area contributed by atoms with Crippen LogP contribution >= 0.6 is 0 Å². The molecule has 3 nitrogen and oxygen atoms in total. The largest absolute Gasteiger partial charge is 0.496 e. The number of nitrogens with one attached hydrogen (secondary N) is 1. The molecule has 1 aliphatic rings. The summed E-state index contributed by atoms with van der Waals surface area (Å²) < 4.78 is 5.40. The summed E-state index contributed by atoms with van der Waals surface area (Å²) in [5.74, 6) is 1.11. The molecule has 1 aliphatic carbocycles. The van der Waals surface area contributed by atoms with E-state index in [1.165, 1.54) is 11.1 Å². The molecule has 98 valence electrons. The van der Waals surface area contributed by atoms with Crippen molar-refractivity contribution in [2.45, 2.75) is 45.1 Å². The SMILES string of the molecule is CCCC(=O)N[C@H]1CCc2cccc(OC)c2C1. The van der Waals surface area contributed by atoms with Gasteiger partial charge in [-0.3, -0.25) is 4.79 Å². The first-order valence-corrected chi connectivity index (χ1v) is 6.68. The predicted octanol–water partition coefficient (Wildman–Crippen LogP) is 2.47. The van der Waals surface area contributed by atoms with Crippen LogP contribution in [0.15, 0.2) is 18.2 Å². The molecule has 3 heteroatoms. The van der Waals surface area contributed by atoms with Gasteiger partial charge in [0.2, 0.25) is 5.91 Å². The number of fused-ring (bicyclic) bond motifs is 1. The van der Waals surface area contributed by atoms with E-state index in [-0.39, 0.29) is 11.9 Å². The van der Waals surface area contributed by atoms with Gasteiger partial charge in [-0.1, -0.05) is 19.1 Å². The fourth-order valence-corrected chi connectivity index (χ4v) is 2.60. The third-order valence-corrected chi connectivity index (χ3v) is 3.50. The van der Waals surface area contributed by atoms with Crippen molar-refractivity contribution in [2.24, 2.45) is 0 Å². The highest BCUT2D eigenvalue weighted by atomic mass is 16.5. The maximum Gasteiger partial charge on any atom is 0.220 e. The van der Waals surface area contributed by atoms with Crippen molar-refractivity contribution in [3.8, 4) is 5.75 Å². The second-order valence-corrected chi connectivity index (χ2v) is 4.86. The Bertz CT molecular complexity index is 414. The maximum atomic E-state index is 11.6. The van der Waals surface area contributed by atoms with Crippen LogP contribution in [0.3, 0.4) is 0 Å². The van der Waals surface area contributed by atoms with E-state index in [4.69, 9.17) is 4.74 Å². The number of carbonyl (C=O) groups excluding carboxylic acids is 1. The van der Waals surface area contributed by atoms with Crippen LogP contribution in [0.1, 0.15) is 37.3 Å². The molecule has 0 aromatic heterocycles. The van der Waals surface area contributed by atoms with Crippen LogP contribution in [-0.4, -0.2) is 19.1 Å². The fourth-order valence-electron chi connectivity index (χ4n) is 2.60. The zero-order chi connectivity index (χ0) is 13.0. The summed E-state index contributed by atoms with van der Waals surface area (Å²) >= 11 is 0. The van der Waals surface area contributed by atoms with Gasteiger partial charge in [0, 0.05) is 12.5 Å². The summed E-state index contributed by atoms with van der Waals surface area (Å²) in [4.78, 5) is 11.6. The smallest absolute Gasteiger partial charge is 0.220 e. The summed E-state index contributed by atoms with van der Waals surface area (Å²) in [6.07, 6.45) is 4.45. The van der Waals surface area contributed by atoms with Gasteiger partial charge >= 0.3 is 0 Å². The van der Waals surface area contributed by atoms with E-state index in [0.717, 1.165) is 31.4 Å². The monoisotopic (exact) mass is 247 g/mol. The van der Waals surface area contributed by atoms with Crippen molar-refractivity contribution < 1.29 is 9.53 Å². The molecule has 1 atom stereocenters. The number of hydrogen-bond donors (Lipinski definition) is 1. The Labute approximate surface area is 109 Å². The van der Waals surface area contributed by atoms with E-state index in [1.54, 1.807) is 7.11 Å². The second-order valence-electron chi connectivity index (χ2n) is 4.86. The van der Waals surface area contributed by atoms with Gasteiger partial charge in [-0.2, -0.15) is 0 Å². The molecule has 0 unspecified atom stereocenters. The summed E-state index contributed by atoms with van der Waals surface area (Å²) in [5, 5.41) is 3.12. The van der Waals surface area contributed by atoms with Gasteiger partial charge in [-0.05, 0) is 42.9 Å². The normalized spacial score (nSPS) is 18.0. The topological polar surface area (TPSA) is 38.3 Å². The number of methoxy groups -OCH3 is 1. The number of hydrogen-bond acceptors (Lipinski definition) is 2. The van der Waals surface area contributed by atoms with Gasteiger partial charge < -0.3 is 10.1 Å². The van der Waals surface area contributed by atoms with Crippen LogP contribution in [0.25, 0.3) is 0 Å². The molecule has 2 rings (SSSR count). The van der Waals surface area contributed by atoms with Gasteiger partial charge in [0.15, 0.2) is 0 Å². The van der Waals surface area contributed by atoms with Crippen LogP contribution in [0.4, 0.5) is 0 Å². The van der Waals surface area contributed by atoms with Gasteiger partial charge in [-0.25, -0.2) is 0 Å². The standard InChI is InChI=1S/C15H21NO2/c1-3-5-15(17)16-12-9-8-11-6-4-7-14(18-2)13(11)10-12/h4,6-7,12H,3,5,8-10H2,1-2H3,(H,16,17)/t12-/m0/s1. The lowest BCUT2D eigenvalue weighted by Crippen LogP contribution is -2.38. The Hall–Kier alpha value is -1.51. The second kappa shape index (κ2) is 5.89. The first-order valence-electron chi connectivity index (χ1n) is 6.68. The van der Waals surface area contributed by atoms with Gasteiger partial charge in [0.05, 0.1) is 7.11 Å². The van der Waals surface area contributed by atoms with E-state index < -0.39 is 0 Å². The molecule has 0 spiro atoms. The molecule has 0 saturated heterocycles. The van der Waals surface area contributed by atoms with E-state index in [2.05, 4.69) is 11.4 Å². The van der Waals surface area contributed by atoms with Gasteiger partial charge in [-0.15, -0.1) is 0 Å². The van der Waals surface area contributed by atoms with E-state index >= 15 is 0 Å². The molecular weight excluding hydrogens is 226 g/mol. The molecule has 0 aliphatic heterocycles.